The first-order valence-corrected chi connectivity index (χ1v) is 12.4. The van der Waals surface area contributed by atoms with E-state index in [-0.39, 0.29) is 38.1 Å². The summed E-state index contributed by atoms with van der Waals surface area (Å²) in [6.07, 6.45) is 3.05. The number of nitrogens with zero attached hydrogens (tertiary/aromatic N) is 1. The van der Waals surface area contributed by atoms with Crippen LogP contribution in [0.25, 0.3) is 0 Å². The Balaban J connectivity index is 4.17. The normalized spacial score (nSPS) is 12.1. The van der Waals surface area contributed by atoms with E-state index in [0.717, 1.165) is 6.08 Å². The Morgan fingerprint density at radius 1 is 0.833 bits per heavy atom. The summed E-state index contributed by atoms with van der Waals surface area (Å²) in [5.41, 5.74) is 0. The molecule has 0 aliphatic heterocycles. The minimum absolute atomic E-state index is 0.0720. The Morgan fingerprint density at radius 2 is 1.33 bits per heavy atom. The molecule has 12 nitrogen and oxygen atoms in total. The molecule has 168 valence electrons. The third-order valence-electron chi connectivity index (χ3n) is 3.72. The van der Waals surface area contributed by atoms with Crippen LogP contribution in [0.1, 0.15) is 19.3 Å². The molecule has 0 aliphatic rings. The average molecular weight is 445 g/mol. The van der Waals surface area contributed by atoms with E-state index in [2.05, 4.69) is 26.2 Å². The van der Waals surface area contributed by atoms with E-state index in [4.69, 9.17) is 0 Å². The van der Waals surface area contributed by atoms with Crippen molar-refractivity contribution in [2.24, 2.45) is 4.95 Å². The molecule has 0 unspecified atom stereocenters. The standard InChI is InChI=1S/C17H28N5O7P/c1-30(2,22-29,9-5-8-24)13-21-17(28)12-20-16(27)11-19-15(26)10-18-14(25)6-3-4-7-23/h5,7-9H,3-4,6,10-13H2,1-2H3,(H,18,25)(H,19,26)(H,20,27)(H,21,28)/b9-5-. The van der Waals surface area contributed by atoms with Crippen molar-refractivity contribution in [3.05, 3.63) is 16.8 Å². The number of amides is 4. The quantitative estimate of drug-likeness (QED) is 0.0819. The van der Waals surface area contributed by atoms with Crippen LogP contribution in [0.15, 0.2) is 16.8 Å². The van der Waals surface area contributed by atoms with Crippen molar-refractivity contribution in [2.45, 2.75) is 19.3 Å². The Morgan fingerprint density at radius 3 is 1.80 bits per heavy atom. The van der Waals surface area contributed by atoms with Crippen molar-refractivity contribution in [1.82, 2.24) is 21.3 Å². The number of hydrogen-bond acceptors (Lipinski definition) is 8. The van der Waals surface area contributed by atoms with Gasteiger partial charge in [0.05, 0.1) is 0 Å². The number of rotatable bonds is 15. The van der Waals surface area contributed by atoms with E-state index in [1.54, 1.807) is 13.3 Å². The summed E-state index contributed by atoms with van der Waals surface area (Å²) in [6, 6.07) is 0. The minimum atomic E-state index is -3.29. The molecule has 0 aromatic heterocycles. The van der Waals surface area contributed by atoms with Gasteiger partial charge in [0.2, 0.25) is 0 Å². The zero-order valence-electron chi connectivity index (χ0n) is 17.0. The van der Waals surface area contributed by atoms with Crippen LogP contribution < -0.4 is 21.3 Å². The number of carbonyl (C=O) groups excluding carboxylic acids is 6. The summed E-state index contributed by atoms with van der Waals surface area (Å²) >= 11 is 0. The average Bonchev–Trinajstić information content (AvgIpc) is 2.72. The van der Waals surface area contributed by atoms with Crippen LogP contribution in [0.5, 0.6) is 0 Å². The molecule has 0 fully saturated rings. The van der Waals surface area contributed by atoms with Crippen LogP contribution in [0.2, 0.25) is 0 Å². The molecule has 0 rings (SSSR count). The van der Waals surface area contributed by atoms with Gasteiger partial charge in [-0.15, -0.1) is 0 Å². The zero-order chi connectivity index (χ0) is 23.1. The molecule has 0 radical (unpaired) electrons. The number of aldehydes is 2. The van der Waals surface area contributed by atoms with Crippen LogP contribution in [0.3, 0.4) is 0 Å². The number of carbonyl (C=O) groups is 6. The Kier molecular flexibility index (Phi) is 11.9. The molecule has 0 spiro atoms. The summed E-state index contributed by atoms with van der Waals surface area (Å²) in [4.78, 5) is 81.4. The maximum atomic E-state index is 11.9. The van der Waals surface area contributed by atoms with E-state index in [9.17, 15) is 33.7 Å². The number of nitroso groups, excluding NO2 is 1. The van der Waals surface area contributed by atoms with E-state index < -0.39 is 31.0 Å². The van der Waals surface area contributed by atoms with Gasteiger partial charge in [0, 0.05) is 12.8 Å². The molecule has 0 atom stereocenters. The third kappa shape index (κ3) is 12.4. The van der Waals surface area contributed by atoms with Gasteiger partial charge in [-0.3, -0.25) is 4.79 Å². The Hall–Kier alpha value is -3.01. The summed E-state index contributed by atoms with van der Waals surface area (Å²) in [5, 5.41) is 9.40. The van der Waals surface area contributed by atoms with Gasteiger partial charge in [0.1, 0.15) is 6.29 Å². The first kappa shape index (κ1) is 27.0. The molecule has 0 heterocycles. The Bertz CT molecular complexity index is 709. The molecule has 0 aromatic carbocycles. The molecule has 0 aliphatic carbocycles. The van der Waals surface area contributed by atoms with Crippen molar-refractivity contribution >= 4 is 43.0 Å². The monoisotopic (exact) mass is 445 g/mol. The van der Waals surface area contributed by atoms with E-state index in [1.807, 2.05) is 0 Å². The molecular weight excluding hydrogens is 417 g/mol. The van der Waals surface area contributed by atoms with Crippen molar-refractivity contribution in [1.29, 1.82) is 0 Å². The summed E-state index contributed by atoms with van der Waals surface area (Å²) < 4.78 is 0. The van der Waals surface area contributed by atoms with Gasteiger partial charge in [-0.2, -0.15) is 0 Å². The molecular formula is C17H28N5O7P. The number of allylic oxidation sites excluding steroid dienone is 1. The van der Waals surface area contributed by atoms with E-state index in [0.29, 0.717) is 19.0 Å². The molecule has 0 aromatic rings. The van der Waals surface area contributed by atoms with Gasteiger partial charge >= 0.3 is 138 Å². The van der Waals surface area contributed by atoms with Crippen LogP contribution >= 0.6 is 6.75 Å². The van der Waals surface area contributed by atoms with Gasteiger partial charge in [-0.05, 0) is 6.42 Å². The second-order valence-corrected chi connectivity index (χ2v) is 12.8. The molecule has 4 amide bonds. The first-order valence-electron chi connectivity index (χ1n) is 9.04. The third-order valence-corrected chi connectivity index (χ3v) is 6.49. The van der Waals surface area contributed by atoms with Crippen molar-refractivity contribution in [3.8, 4) is 0 Å². The van der Waals surface area contributed by atoms with Gasteiger partial charge in [0.15, 0.2) is 0 Å². The van der Waals surface area contributed by atoms with Crippen LogP contribution in [0.4, 0.5) is 0 Å². The SMILES string of the molecule is CP(C)(/C=C\C=O)(CNC(=O)CNC(=O)CNC(=O)CNC(=O)CCCC=O)N=O. The molecule has 0 saturated heterocycles. The fraction of sp³-hybridized carbons (Fsp3) is 0.529. The Labute approximate surface area is 173 Å². The summed E-state index contributed by atoms with van der Waals surface area (Å²) in [6.45, 7) is -1.27. The fourth-order valence-corrected chi connectivity index (χ4v) is 3.39. The second-order valence-electron chi connectivity index (χ2n) is 7.14. The maximum absolute atomic E-state index is 11.9. The molecule has 4 N–H and O–H groups in total. The van der Waals surface area contributed by atoms with Crippen molar-refractivity contribution in [3.63, 3.8) is 0 Å². The zero-order valence-corrected chi connectivity index (χ0v) is 17.9. The van der Waals surface area contributed by atoms with E-state index in [1.165, 1.54) is 5.82 Å². The van der Waals surface area contributed by atoms with Crippen molar-refractivity contribution < 1.29 is 28.8 Å². The van der Waals surface area contributed by atoms with Gasteiger partial charge in [-0.25, -0.2) is 0 Å². The predicted octanol–water partition coefficient (Wildman–Crippen LogP) is -1.02. The summed E-state index contributed by atoms with van der Waals surface area (Å²) in [7, 11) is 0. The van der Waals surface area contributed by atoms with Crippen LogP contribution in [-0.4, -0.2) is 75.5 Å². The topological polar surface area (TPSA) is 180 Å². The van der Waals surface area contributed by atoms with E-state index >= 15 is 0 Å². The van der Waals surface area contributed by atoms with Crippen molar-refractivity contribution in [2.75, 3.05) is 39.2 Å². The molecule has 0 saturated carbocycles. The van der Waals surface area contributed by atoms with Gasteiger partial charge in [0.25, 0.3) is 0 Å². The molecule has 13 heteroatoms. The predicted molar refractivity (Wildman–Crippen MR) is 112 cm³/mol. The van der Waals surface area contributed by atoms with Gasteiger partial charge in [-0.1, -0.05) is 0 Å². The van der Waals surface area contributed by atoms with Crippen LogP contribution in [0, 0.1) is 4.91 Å². The van der Waals surface area contributed by atoms with Crippen LogP contribution in [-0.2, 0) is 28.8 Å². The number of hydrogen-bond donors (Lipinski definition) is 4. The second kappa shape index (κ2) is 13.3. The first-order chi connectivity index (χ1) is 14.0. The number of unbranched alkanes of at least 4 members (excludes halogenated alkanes) is 1. The summed E-state index contributed by atoms with van der Waals surface area (Å²) in [5.74, 6) is -0.786. The fourth-order valence-electron chi connectivity index (χ4n) is 1.90. The molecule has 0 bridgehead atoms. The molecule has 30 heavy (non-hydrogen) atoms. The number of nitrogens with one attached hydrogen (secondary N) is 4. The van der Waals surface area contributed by atoms with Gasteiger partial charge < -0.3 is 4.79 Å².